The second-order valence-corrected chi connectivity index (χ2v) is 12.9. The van der Waals surface area contributed by atoms with Gasteiger partial charge in [-0.15, -0.1) is 0 Å². The Morgan fingerprint density at radius 2 is 0.872 bits per heavy atom. The zero-order valence-electron chi connectivity index (χ0n) is 30.2. The fourth-order valence-electron chi connectivity index (χ4n) is 5.71. The standard InChI is InChI=1S/C39H66N6O2/c1-5-9-13-17-27-44(25-15-11-7-3)32-40-38(46)42-36-23-19-21-34(30-36)29-35-22-20-24-37(31-35)43-39(47)41-33-45(26-16-12-8-4)28-18-14-10-6-2/h19-24,30-31H,5-18,25-29,32-33H2,1-4H3,(H2,40,42,46)(H2,41,43,47). The number of anilines is 2. The number of unbranched alkanes of at least 4 members (excludes halogenated alkanes) is 10. The first-order valence-corrected chi connectivity index (χ1v) is 18.7. The van der Waals surface area contributed by atoms with Crippen LogP contribution in [0.3, 0.4) is 0 Å². The highest BCUT2D eigenvalue weighted by molar-refractivity contribution is 5.89. The molecule has 0 saturated carbocycles. The van der Waals surface area contributed by atoms with Crippen molar-refractivity contribution in [1.29, 1.82) is 0 Å². The molecule has 4 N–H and O–H groups in total. The number of carbonyl (C=O) groups is 2. The Balaban J connectivity index is 1.86. The summed E-state index contributed by atoms with van der Waals surface area (Å²) >= 11 is 0. The van der Waals surface area contributed by atoms with E-state index in [-0.39, 0.29) is 12.1 Å². The lowest BCUT2D eigenvalue weighted by Gasteiger charge is -2.23. The number of nitrogens with one attached hydrogen (secondary N) is 4. The van der Waals surface area contributed by atoms with E-state index < -0.39 is 0 Å². The zero-order chi connectivity index (χ0) is 34.0. The molecule has 0 radical (unpaired) electrons. The fraction of sp³-hybridized carbons (Fsp3) is 0.641. The predicted molar refractivity (Wildman–Crippen MR) is 200 cm³/mol. The maximum Gasteiger partial charge on any atom is 0.320 e. The van der Waals surface area contributed by atoms with Gasteiger partial charge in [-0.2, -0.15) is 0 Å². The molecule has 0 unspecified atom stereocenters. The average molecular weight is 651 g/mol. The summed E-state index contributed by atoms with van der Waals surface area (Å²) in [5.74, 6) is 0. The quantitative estimate of drug-likeness (QED) is 0.0603. The number of amides is 4. The molecule has 0 spiro atoms. The number of hydrogen-bond donors (Lipinski definition) is 4. The molecule has 2 rings (SSSR count). The summed E-state index contributed by atoms with van der Waals surface area (Å²) in [4.78, 5) is 30.3. The highest BCUT2D eigenvalue weighted by atomic mass is 16.2. The Bertz CT molecular complexity index is 1020. The average Bonchev–Trinajstić information content (AvgIpc) is 3.06. The van der Waals surface area contributed by atoms with E-state index in [9.17, 15) is 9.59 Å². The molecule has 0 fully saturated rings. The van der Waals surface area contributed by atoms with E-state index in [2.05, 4.69) is 70.9 Å². The summed E-state index contributed by atoms with van der Waals surface area (Å²) in [5.41, 5.74) is 3.72. The van der Waals surface area contributed by atoms with Gasteiger partial charge in [0, 0.05) is 11.4 Å². The van der Waals surface area contributed by atoms with Gasteiger partial charge in [0.1, 0.15) is 0 Å². The van der Waals surface area contributed by atoms with E-state index in [1.807, 2.05) is 36.4 Å². The van der Waals surface area contributed by atoms with Crippen molar-refractivity contribution in [2.45, 2.75) is 124 Å². The zero-order valence-corrected chi connectivity index (χ0v) is 30.2. The lowest BCUT2D eigenvalue weighted by molar-refractivity contribution is 0.224. The van der Waals surface area contributed by atoms with Gasteiger partial charge in [-0.3, -0.25) is 9.80 Å². The lowest BCUT2D eigenvalue weighted by Crippen LogP contribution is -2.40. The molecule has 8 nitrogen and oxygen atoms in total. The Hall–Kier alpha value is -3.10. The number of urea groups is 2. The normalized spacial score (nSPS) is 11.2. The van der Waals surface area contributed by atoms with Crippen LogP contribution in [0.15, 0.2) is 48.5 Å². The molecule has 8 heteroatoms. The molecule has 0 aliphatic rings. The third-order valence-electron chi connectivity index (χ3n) is 8.52. The SMILES string of the molecule is CCCCCCN(CCCCC)CNC(=O)Nc1cccc(Cc2cccc(NC(=O)NCN(CCCCC)CCCCCC)c2)c1. The Morgan fingerprint density at radius 3 is 1.26 bits per heavy atom. The Kier molecular flexibility index (Phi) is 22.1. The smallest absolute Gasteiger partial charge is 0.320 e. The van der Waals surface area contributed by atoms with Crippen LogP contribution in [0, 0.1) is 0 Å². The molecule has 4 amide bonds. The first kappa shape index (κ1) is 40.1. The summed E-state index contributed by atoms with van der Waals surface area (Å²) in [6, 6.07) is 15.6. The van der Waals surface area contributed by atoms with Crippen LogP contribution in [-0.4, -0.2) is 61.4 Å². The van der Waals surface area contributed by atoms with Crippen LogP contribution < -0.4 is 21.3 Å². The third-order valence-corrected chi connectivity index (χ3v) is 8.52. The van der Waals surface area contributed by atoms with Crippen molar-refractivity contribution in [2.24, 2.45) is 0 Å². The van der Waals surface area contributed by atoms with Crippen molar-refractivity contribution in [2.75, 3.05) is 50.1 Å². The first-order valence-electron chi connectivity index (χ1n) is 18.7. The maximum atomic E-state index is 12.8. The van der Waals surface area contributed by atoms with Gasteiger partial charge in [-0.05, 0) is 93.7 Å². The lowest BCUT2D eigenvalue weighted by atomic mass is 10.0. The van der Waals surface area contributed by atoms with E-state index in [1.165, 1.54) is 77.0 Å². The number of rotatable bonds is 26. The molecule has 0 aliphatic heterocycles. The van der Waals surface area contributed by atoms with E-state index in [0.717, 1.165) is 61.5 Å². The second kappa shape index (κ2) is 25.9. The number of carbonyl (C=O) groups excluding carboxylic acids is 2. The molecule has 2 aromatic rings. The summed E-state index contributed by atoms with van der Waals surface area (Å²) in [6.45, 7) is 14.1. The molecule has 0 saturated heterocycles. The summed E-state index contributed by atoms with van der Waals surface area (Å²) in [5, 5.41) is 12.2. The van der Waals surface area contributed by atoms with Crippen molar-refractivity contribution in [3.63, 3.8) is 0 Å². The molecule has 47 heavy (non-hydrogen) atoms. The molecule has 0 atom stereocenters. The van der Waals surface area contributed by atoms with E-state index in [4.69, 9.17) is 0 Å². The largest absolute Gasteiger partial charge is 0.325 e. The molecule has 264 valence electrons. The van der Waals surface area contributed by atoms with Gasteiger partial charge in [0.2, 0.25) is 0 Å². The molecule has 0 bridgehead atoms. The van der Waals surface area contributed by atoms with E-state index in [0.29, 0.717) is 19.8 Å². The Morgan fingerprint density at radius 1 is 0.511 bits per heavy atom. The maximum absolute atomic E-state index is 12.8. The number of nitrogens with zero attached hydrogens (tertiary/aromatic N) is 2. The van der Waals surface area contributed by atoms with Crippen LogP contribution in [0.5, 0.6) is 0 Å². The summed E-state index contributed by atoms with van der Waals surface area (Å²) in [6.07, 6.45) is 17.6. The van der Waals surface area contributed by atoms with Crippen molar-refractivity contribution in [3.8, 4) is 0 Å². The minimum atomic E-state index is -0.182. The molecular weight excluding hydrogens is 584 g/mol. The van der Waals surface area contributed by atoms with Gasteiger partial charge < -0.3 is 21.3 Å². The second-order valence-electron chi connectivity index (χ2n) is 12.9. The first-order chi connectivity index (χ1) is 23.0. The van der Waals surface area contributed by atoms with Gasteiger partial charge in [0.05, 0.1) is 13.3 Å². The van der Waals surface area contributed by atoms with Crippen molar-refractivity contribution in [1.82, 2.24) is 20.4 Å². The minimum Gasteiger partial charge on any atom is -0.325 e. The topological polar surface area (TPSA) is 88.7 Å². The van der Waals surface area contributed by atoms with Gasteiger partial charge >= 0.3 is 12.1 Å². The summed E-state index contributed by atoms with van der Waals surface area (Å²) < 4.78 is 0. The van der Waals surface area contributed by atoms with Crippen LogP contribution in [-0.2, 0) is 6.42 Å². The predicted octanol–water partition coefficient (Wildman–Crippen LogP) is 9.58. The minimum absolute atomic E-state index is 0.182. The van der Waals surface area contributed by atoms with Gasteiger partial charge in [-0.1, -0.05) is 116 Å². The number of hydrogen-bond acceptors (Lipinski definition) is 4. The monoisotopic (exact) mass is 651 g/mol. The molecule has 2 aromatic carbocycles. The van der Waals surface area contributed by atoms with Crippen LogP contribution in [0.25, 0.3) is 0 Å². The molecule has 0 heterocycles. The van der Waals surface area contributed by atoms with Crippen LogP contribution in [0.2, 0.25) is 0 Å². The molecular formula is C39H66N6O2. The Labute approximate surface area is 286 Å². The third kappa shape index (κ3) is 19.3. The van der Waals surface area contributed by atoms with Gasteiger partial charge in [0.15, 0.2) is 0 Å². The molecule has 0 aliphatic carbocycles. The van der Waals surface area contributed by atoms with E-state index in [1.54, 1.807) is 0 Å². The van der Waals surface area contributed by atoms with E-state index >= 15 is 0 Å². The highest BCUT2D eigenvalue weighted by Crippen LogP contribution is 2.18. The van der Waals surface area contributed by atoms with Crippen molar-refractivity contribution in [3.05, 3.63) is 59.7 Å². The van der Waals surface area contributed by atoms with Crippen molar-refractivity contribution < 1.29 is 9.59 Å². The summed E-state index contributed by atoms with van der Waals surface area (Å²) in [7, 11) is 0. The fourth-order valence-corrected chi connectivity index (χ4v) is 5.71. The molecule has 0 aromatic heterocycles. The van der Waals surface area contributed by atoms with Gasteiger partial charge in [-0.25, -0.2) is 9.59 Å². The number of benzene rings is 2. The highest BCUT2D eigenvalue weighted by Gasteiger charge is 2.10. The van der Waals surface area contributed by atoms with Crippen LogP contribution >= 0.6 is 0 Å². The van der Waals surface area contributed by atoms with Crippen LogP contribution in [0.1, 0.15) is 129 Å². The van der Waals surface area contributed by atoms with Gasteiger partial charge in [0.25, 0.3) is 0 Å². The van der Waals surface area contributed by atoms with Crippen LogP contribution in [0.4, 0.5) is 21.0 Å². The van der Waals surface area contributed by atoms with Crippen molar-refractivity contribution >= 4 is 23.4 Å².